The Bertz CT molecular complexity index is 633. The van der Waals surface area contributed by atoms with Gasteiger partial charge in [-0.2, -0.15) is 5.10 Å². The number of nitrogens with one attached hydrogen (secondary N) is 2. The van der Waals surface area contributed by atoms with Gasteiger partial charge in [-0.15, -0.1) is 0 Å². The van der Waals surface area contributed by atoms with Crippen LogP contribution in [0.2, 0.25) is 0 Å². The van der Waals surface area contributed by atoms with Gasteiger partial charge in [0.05, 0.1) is 5.69 Å². The Balaban J connectivity index is 2.19. The molecule has 0 aliphatic heterocycles. The molecule has 18 heavy (non-hydrogen) atoms. The fraction of sp³-hybridized carbons (Fsp3) is 0. The predicted molar refractivity (Wildman–Crippen MR) is 63.6 cm³/mol. The highest BCUT2D eigenvalue weighted by Crippen LogP contribution is 2.13. The zero-order valence-corrected chi connectivity index (χ0v) is 9.11. The zero-order valence-electron chi connectivity index (χ0n) is 9.11. The molecule has 0 aliphatic carbocycles. The molecule has 0 saturated carbocycles. The van der Waals surface area contributed by atoms with Crippen molar-refractivity contribution in [1.82, 2.24) is 10.2 Å². The lowest BCUT2D eigenvalue weighted by Gasteiger charge is -2.04. The van der Waals surface area contributed by atoms with Gasteiger partial charge < -0.3 is 11.1 Å². The van der Waals surface area contributed by atoms with Crippen LogP contribution in [0.5, 0.6) is 0 Å². The average Bonchev–Trinajstić information content (AvgIpc) is 2.35. The van der Waals surface area contributed by atoms with Gasteiger partial charge in [-0.3, -0.25) is 9.59 Å². The Hall–Kier alpha value is -2.70. The van der Waals surface area contributed by atoms with Crippen LogP contribution in [0.3, 0.4) is 0 Å². The minimum Gasteiger partial charge on any atom is -0.396 e. The van der Waals surface area contributed by atoms with Crippen LogP contribution < -0.4 is 16.6 Å². The number of rotatable bonds is 2. The summed E-state index contributed by atoms with van der Waals surface area (Å²) in [6.07, 6.45) is 0. The van der Waals surface area contributed by atoms with Gasteiger partial charge in [0.15, 0.2) is 5.82 Å². The van der Waals surface area contributed by atoms with E-state index in [9.17, 15) is 14.0 Å². The maximum Gasteiger partial charge on any atom is 0.264 e. The number of carbonyl (C=O) groups is 1. The molecule has 0 atom stereocenters. The van der Waals surface area contributed by atoms with Crippen LogP contribution in [0.15, 0.2) is 35.1 Å². The Kier molecular flexibility index (Phi) is 3.05. The summed E-state index contributed by atoms with van der Waals surface area (Å²) in [4.78, 5) is 22.5. The molecular weight excluding hydrogens is 239 g/mol. The Morgan fingerprint density at radius 1 is 1.33 bits per heavy atom. The number of benzene rings is 1. The van der Waals surface area contributed by atoms with Crippen molar-refractivity contribution in [2.24, 2.45) is 0 Å². The van der Waals surface area contributed by atoms with Crippen LogP contribution in [0.1, 0.15) is 10.4 Å². The lowest BCUT2D eigenvalue weighted by molar-refractivity contribution is 0.102. The van der Waals surface area contributed by atoms with Crippen LogP contribution in [0.4, 0.5) is 15.9 Å². The quantitative estimate of drug-likeness (QED) is 0.682. The molecule has 6 nitrogen and oxygen atoms in total. The second-order valence-corrected chi connectivity index (χ2v) is 3.50. The highest BCUT2D eigenvalue weighted by Gasteiger charge is 2.09. The summed E-state index contributed by atoms with van der Waals surface area (Å²) in [6, 6.07) is 6.19. The fourth-order valence-corrected chi connectivity index (χ4v) is 1.29. The van der Waals surface area contributed by atoms with E-state index >= 15 is 0 Å². The van der Waals surface area contributed by atoms with Crippen molar-refractivity contribution < 1.29 is 9.18 Å². The number of amides is 1. The van der Waals surface area contributed by atoms with Crippen LogP contribution in [0, 0.1) is 5.82 Å². The highest BCUT2D eigenvalue weighted by atomic mass is 19.1. The third-order valence-corrected chi connectivity index (χ3v) is 2.18. The van der Waals surface area contributed by atoms with E-state index in [2.05, 4.69) is 15.5 Å². The van der Waals surface area contributed by atoms with E-state index in [0.717, 1.165) is 6.07 Å². The number of aromatic amines is 1. The third kappa shape index (κ3) is 2.51. The number of H-pyrrole nitrogens is 1. The van der Waals surface area contributed by atoms with Crippen LogP contribution in [0.25, 0.3) is 0 Å². The summed E-state index contributed by atoms with van der Waals surface area (Å²) in [6.45, 7) is 0. The van der Waals surface area contributed by atoms with Crippen LogP contribution in [-0.4, -0.2) is 16.1 Å². The summed E-state index contributed by atoms with van der Waals surface area (Å²) in [5, 5.41) is 8.22. The molecule has 0 saturated heterocycles. The number of nitrogens with two attached hydrogens (primary N) is 1. The summed E-state index contributed by atoms with van der Waals surface area (Å²) in [7, 11) is 0. The first kappa shape index (κ1) is 11.8. The van der Waals surface area contributed by atoms with Crippen molar-refractivity contribution in [3.05, 3.63) is 52.1 Å². The van der Waals surface area contributed by atoms with Gasteiger partial charge in [-0.05, 0) is 24.3 Å². The molecule has 7 heteroatoms. The second kappa shape index (κ2) is 4.66. The summed E-state index contributed by atoms with van der Waals surface area (Å²) in [5.74, 6) is -0.905. The van der Waals surface area contributed by atoms with Gasteiger partial charge >= 0.3 is 0 Å². The number of nitrogen functional groups attached to an aromatic ring is 1. The molecule has 4 N–H and O–H groups in total. The first-order chi connectivity index (χ1) is 8.56. The van der Waals surface area contributed by atoms with E-state index in [1.165, 1.54) is 24.3 Å². The summed E-state index contributed by atoms with van der Waals surface area (Å²) in [5.41, 5.74) is 5.06. The van der Waals surface area contributed by atoms with Gasteiger partial charge in [0, 0.05) is 11.6 Å². The standard InChI is InChI=1S/C11H9FN4O2/c12-7-2-1-6(5-8(7)13)11(18)14-9-3-4-10(17)16-15-9/h1-5H,13H2,(H,16,17)(H,14,15,18). The van der Waals surface area contributed by atoms with Crippen molar-refractivity contribution in [2.75, 3.05) is 11.1 Å². The number of aromatic nitrogens is 2. The van der Waals surface area contributed by atoms with Crippen LogP contribution in [-0.2, 0) is 0 Å². The SMILES string of the molecule is Nc1cc(C(=O)Nc2ccc(=O)[nH]n2)ccc1F. The van der Waals surface area contributed by atoms with Crippen molar-refractivity contribution >= 4 is 17.4 Å². The van der Waals surface area contributed by atoms with E-state index in [4.69, 9.17) is 5.73 Å². The molecule has 2 rings (SSSR count). The minimum absolute atomic E-state index is 0.114. The summed E-state index contributed by atoms with van der Waals surface area (Å²) >= 11 is 0. The van der Waals surface area contributed by atoms with E-state index in [1.54, 1.807) is 0 Å². The molecule has 2 aromatic rings. The lowest BCUT2D eigenvalue weighted by atomic mass is 10.2. The predicted octanol–water partition coefficient (Wildman–Crippen LogP) is 0.743. The Morgan fingerprint density at radius 3 is 2.72 bits per heavy atom. The van der Waals surface area contributed by atoms with Crippen LogP contribution >= 0.6 is 0 Å². The topological polar surface area (TPSA) is 101 Å². The van der Waals surface area contributed by atoms with Crippen molar-refractivity contribution in [3.8, 4) is 0 Å². The number of hydrogen-bond acceptors (Lipinski definition) is 4. The fourth-order valence-electron chi connectivity index (χ4n) is 1.29. The monoisotopic (exact) mass is 248 g/mol. The second-order valence-electron chi connectivity index (χ2n) is 3.50. The molecule has 1 aromatic carbocycles. The van der Waals surface area contributed by atoms with E-state index in [-0.39, 0.29) is 22.6 Å². The normalized spacial score (nSPS) is 10.1. The highest BCUT2D eigenvalue weighted by molar-refractivity contribution is 6.04. The molecule has 0 fully saturated rings. The number of halogens is 1. The molecule has 0 spiro atoms. The summed E-state index contributed by atoms with van der Waals surface area (Å²) < 4.78 is 12.9. The van der Waals surface area contributed by atoms with Gasteiger partial charge in [0.1, 0.15) is 5.82 Å². The molecule has 1 amide bonds. The number of carbonyl (C=O) groups excluding carboxylic acids is 1. The third-order valence-electron chi connectivity index (χ3n) is 2.18. The molecule has 92 valence electrons. The van der Waals surface area contributed by atoms with Gasteiger partial charge in [-0.1, -0.05) is 0 Å². The van der Waals surface area contributed by atoms with Crippen molar-refractivity contribution in [2.45, 2.75) is 0 Å². The molecule has 1 aromatic heterocycles. The molecule has 1 heterocycles. The number of nitrogens with zero attached hydrogens (tertiary/aromatic N) is 1. The minimum atomic E-state index is -0.589. The number of hydrogen-bond donors (Lipinski definition) is 3. The molecule has 0 radical (unpaired) electrons. The Labute approximate surface area is 101 Å². The molecule has 0 unspecified atom stereocenters. The first-order valence-corrected chi connectivity index (χ1v) is 4.98. The maximum absolute atomic E-state index is 12.9. The van der Waals surface area contributed by atoms with Gasteiger partial charge in [0.25, 0.3) is 11.5 Å². The Morgan fingerprint density at radius 2 is 2.11 bits per heavy atom. The zero-order chi connectivity index (χ0) is 13.1. The number of anilines is 2. The maximum atomic E-state index is 12.9. The van der Waals surface area contributed by atoms with Gasteiger partial charge in [0.2, 0.25) is 0 Å². The van der Waals surface area contributed by atoms with Gasteiger partial charge in [-0.25, -0.2) is 9.49 Å². The van der Waals surface area contributed by atoms with E-state index in [0.29, 0.717) is 0 Å². The first-order valence-electron chi connectivity index (χ1n) is 4.98. The molecule has 0 bridgehead atoms. The molecule has 0 aliphatic rings. The lowest BCUT2D eigenvalue weighted by Crippen LogP contribution is -2.16. The van der Waals surface area contributed by atoms with E-state index < -0.39 is 11.7 Å². The van der Waals surface area contributed by atoms with Crippen molar-refractivity contribution in [3.63, 3.8) is 0 Å². The smallest absolute Gasteiger partial charge is 0.264 e. The largest absolute Gasteiger partial charge is 0.396 e. The average molecular weight is 248 g/mol. The molecular formula is C11H9FN4O2. The van der Waals surface area contributed by atoms with E-state index in [1.807, 2.05) is 0 Å². The van der Waals surface area contributed by atoms with Crippen molar-refractivity contribution in [1.29, 1.82) is 0 Å².